The van der Waals surface area contributed by atoms with Crippen molar-refractivity contribution in [2.24, 2.45) is 0 Å². The standard InChI is InChI=1S/C23H19N3O4S/c1-15-12-17(30-14-21-25-18-7-3-4-8-20(18)31-21)9-10-19(15)26(23(28)29-2)22(27)16-6-5-11-24-13-16/h3-13H,14H2,1-2H3. The molecule has 0 N–H and O–H groups in total. The predicted molar refractivity (Wildman–Crippen MR) is 119 cm³/mol. The Bertz CT molecular complexity index is 1210. The average molecular weight is 433 g/mol. The topological polar surface area (TPSA) is 81.6 Å². The highest BCUT2D eigenvalue weighted by Gasteiger charge is 2.27. The molecule has 0 aliphatic carbocycles. The molecule has 0 aliphatic rings. The Balaban J connectivity index is 1.55. The van der Waals surface area contributed by atoms with Gasteiger partial charge in [-0.1, -0.05) is 12.1 Å². The number of pyridine rings is 1. The van der Waals surface area contributed by atoms with Gasteiger partial charge in [0, 0.05) is 12.4 Å². The molecule has 4 rings (SSSR count). The van der Waals surface area contributed by atoms with E-state index in [1.807, 2.05) is 24.3 Å². The molecule has 0 fully saturated rings. The zero-order chi connectivity index (χ0) is 21.8. The molecule has 0 saturated carbocycles. The number of carbonyl (C=O) groups is 2. The molecule has 2 aromatic heterocycles. The van der Waals surface area contributed by atoms with E-state index < -0.39 is 12.0 Å². The first kappa shape index (κ1) is 20.5. The molecule has 0 radical (unpaired) electrons. The SMILES string of the molecule is COC(=O)N(C(=O)c1cccnc1)c1ccc(OCc2nc3ccccc3s2)cc1C. The van der Waals surface area contributed by atoms with E-state index in [4.69, 9.17) is 9.47 Å². The lowest BCUT2D eigenvalue weighted by Crippen LogP contribution is -2.37. The summed E-state index contributed by atoms with van der Waals surface area (Å²) < 4.78 is 11.8. The van der Waals surface area contributed by atoms with Crippen LogP contribution in [0.3, 0.4) is 0 Å². The summed E-state index contributed by atoms with van der Waals surface area (Å²) in [5.41, 5.74) is 2.32. The van der Waals surface area contributed by atoms with Crippen LogP contribution in [0.4, 0.5) is 10.5 Å². The normalized spacial score (nSPS) is 10.6. The summed E-state index contributed by atoms with van der Waals surface area (Å²) in [7, 11) is 1.23. The Labute approximate surface area is 182 Å². The fourth-order valence-corrected chi connectivity index (χ4v) is 3.98. The van der Waals surface area contributed by atoms with Crippen molar-refractivity contribution in [3.8, 4) is 5.75 Å². The molecular weight excluding hydrogens is 414 g/mol. The molecule has 31 heavy (non-hydrogen) atoms. The summed E-state index contributed by atoms with van der Waals surface area (Å²) in [5.74, 6) is 0.0883. The van der Waals surface area contributed by atoms with Gasteiger partial charge in [-0.3, -0.25) is 9.78 Å². The number of imide groups is 1. The van der Waals surface area contributed by atoms with Gasteiger partial charge in [0.25, 0.3) is 5.91 Å². The summed E-state index contributed by atoms with van der Waals surface area (Å²) in [6.07, 6.45) is 2.19. The third kappa shape index (κ3) is 4.39. The molecule has 4 aromatic rings. The lowest BCUT2D eigenvalue weighted by Gasteiger charge is -2.21. The Morgan fingerprint density at radius 2 is 1.94 bits per heavy atom. The molecule has 0 unspecified atom stereocenters. The number of benzene rings is 2. The molecule has 0 bridgehead atoms. The first-order valence-electron chi connectivity index (χ1n) is 9.47. The van der Waals surface area contributed by atoms with Crippen molar-refractivity contribution in [1.29, 1.82) is 0 Å². The largest absolute Gasteiger partial charge is 0.486 e. The number of anilines is 1. The summed E-state index contributed by atoms with van der Waals surface area (Å²) >= 11 is 1.58. The zero-order valence-corrected chi connectivity index (χ0v) is 17.8. The number of carbonyl (C=O) groups excluding carboxylic acids is 2. The number of thiazole rings is 1. The molecule has 8 heteroatoms. The Kier molecular flexibility index (Phi) is 5.90. The number of fused-ring (bicyclic) bond motifs is 1. The third-order valence-electron chi connectivity index (χ3n) is 4.58. The highest BCUT2D eigenvalue weighted by Crippen LogP contribution is 2.28. The monoisotopic (exact) mass is 433 g/mol. The van der Waals surface area contributed by atoms with E-state index in [0.29, 0.717) is 23.6 Å². The number of rotatable bonds is 5. The number of hydrogen-bond donors (Lipinski definition) is 0. The second-order valence-electron chi connectivity index (χ2n) is 6.66. The van der Waals surface area contributed by atoms with E-state index in [1.54, 1.807) is 54.8 Å². The summed E-state index contributed by atoms with van der Waals surface area (Å²) in [6.45, 7) is 2.12. The highest BCUT2D eigenvalue weighted by molar-refractivity contribution is 7.18. The lowest BCUT2D eigenvalue weighted by molar-refractivity contribution is 0.0975. The highest BCUT2D eigenvalue weighted by atomic mass is 32.1. The van der Waals surface area contributed by atoms with E-state index in [1.165, 1.54) is 13.3 Å². The quantitative estimate of drug-likeness (QED) is 0.441. The maximum absolute atomic E-state index is 12.9. The first-order valence-corrected chi connectivity index (χ1v) is 10.3. The van der Waals surface area contributed by atoms with Crippen LogP contribution in [0.1, 0.15) is 20.9 Å². The van der Waals surface area contributed by atoms with E-state index in [-0.39, 0.29) is 5.56 Å². The minimum atomic E-state index is -0.778. The van der Waals surface area contributed by atoms with Crippen molar-refractivity contribution in [3.05, 3.63) is 83.1 Å². The molecular formula is C23H19N3O4S. The Morgan fingerprint density at radius 3 is 2.65 bits per heavy atom. The number of amides is 2. The van der Waals surface area contributed by atoms with E-state index in [0.717, 1.165) is 20.1 Å². The van der Waals surface area contributed by atoms with Gasteiger partial charge in [-0.25, -0.2) is 14.7 Å². The van der Waals surface area contributed by atoms with E-state index in [9.17, 15) is 9.59 Å². The first-order chi connectivity index (χ1) is 15.1. The molecule has 156 valence electrons. The van der Waals surface area contributed by atoms with Gasteiger partial charge in [0.2, 0.25) is 0 Å². The number of aromatic nitrogens is 2. The maximum atomic E-state index is 12.9. The van der Waals surface area contributed by atoms with Crippen LogP contribution in [-0.4, -0.2) is 29.1 Å². The van der Waals surface area contributed by atoms with Gasteiger partial charge in [0.1, 0.15) is 17.4 Å². The van der Waals surface area contributed by atoms with Crippen molar-refractivity contribution in [2.75, 3.05) is 12.0 Å². The van der Waals surface area contributed by atoms with Crippen LogP contribution in [0.15, 0.2) is 67.0 Å². The minimum absolute atomic E-state index is 0.281. The molecule has 7 nitrogen and oxygen atoms in total. The van der Waals surface area contributed by atoms with Crippen molar-refractivity contribution in [2.45, 2.75) is 13.5 Å². The van der Waals surface area contributed by atoms with Crippen LogP contribution in [0.2, 0.25) is 0 Å². The Hall–Kier alpha value is -3.78. The molecule has 2 heterocycles. The second kappa shape index (κ2) is 8.93. The zero-order valence-electron chi connectivity index (χ0n) is 16.9. The molecule has 2 aromatic carbocycles. The fraction of sp³-hybridized carbons (Fsp3) is 0.130. The van der Waals surface area contributed by atoms with Gasteiger partial charge in [-0.05, 0) is 55.0 Å². The van der Waals surface area contributed by atoms with Crippen LogP contribution in [0.5, 0.6) is 5.75 Å². The van der Waals surface area contributed by atoms with Crippen LogP contribution >= 0.6 is 11.3 Å². The van der Waals surface area contributed by atoms with E-state index >= 15 is 0 Å². The number of ether oxygens (including phenoxy) is 2. The molecule has 0 aliphatic heterocycles. The van der Waals surface area contributed by atoms with Crippen molar-refractivity contribution in [1.82, 2.24) is 9.97 Å². The van der Waals surface area contributed by atoms with Crippen LogP contribution < -0.4 is 9.64 Å². The Morgan fingerprint density at radius 1 is 1.10 bits per heavy atom. The van der Waals surface area contributed by atoms with Crippen LogP contribution in [0, 0.1) is 6.92 Å². The van der Waals surface area contributed by atoms with Gasteiger partial charge in [0.15, 0.2) is 0 Å². The third-order valence-corrected chi connectivity index (χ3v) is 5.59. The second-order valence-corrected chi connectivity index (χ2v) is 7.78. The lowest BCUT2D eigenvalue weighted by atomic mass is 10.1. The van der Waals surface area contributed by atoms with Gasteiger partial charge >= 0.3 is 6.09 Å². The van der Waals surface area contributed by atoms with Crippen LogP contribution in [0.25, 0.3) is 10.2 Å². The maximum Gasteiger partial charge on any atom is 0.421 e. The van der Waals surface area contributed by atoms with Crippen molar-refractivity contribution < 1.29 is 19.1 Å². The number of nitrogens with zero attached hydrogens (tertiary/aromatic N) is 3. The molecule has 0 atom stereocenters. The van der Waals surface area contributed by atoms with Gasteiger partial charge in [-0.2, -0.15) is 0 Å². The number of aryl methyl sites for hydroxylation is 1. The van der Waals surface area contributed by atoms with Gasteiger partial charge in [0.05, 0.1) is 28.6 Å². The van der Waals surface area contributed by atoms with Gasteiger partial charge < -0.3 is 9.47 Å². The fourth-order valence-electron chi connectivity index (χ4n) is 3.10. The molecule has 2 amide bonds. The minimum Gasteiger partial charge on any atom is -0.486 e. The summed E-state index contributed by atoms with van der Waals surface area (Å²) in [4.78, 5) is 34.8. The van der Waals surface area contributed by atoms with E-state index in [2.05, 4.69) is 9.97 Å². The number of para-hydroxylation sites is 1. The van der Waals surface area contributed by atoms with Crippen LogP contribution in [-0.2, 0) is 11.3 Å². The summed E-state index contributed by atoms with van der Waals surface area (Å²) in [5, 5.41) is 0.867. The van der Waals surface area contributed by atoms with Gasteiger partial charge in [-0.15, -0.1) is 11.3 Å². The predicted octanol–water partition coefficient (Wildman–Crippen LogP) is 4.99. The van der Waals surface area contributed by atoms with Crippen molar-refractivity contribution in [3.63, 3.8) is 0 Å². The number of methoxy groups -OCH3 is 1. The number of hydrogen-bond acceptors (Lipinski definition) is 7. The summed E-state index contributed by atoms with van der Waals surface area (Å²) in [6, 6.07) is 16.3. The smallest absolute Gasteiger partial charge is 0.421 e. The van der Waals surface area contributed by atoms with Crippen molar-refractivity contribution >= 4 is 39.2 Å². The molecule has 0 spiro atoms. The molecule has 0 saturated heterocycles. The average Bonchev–Trinajstić information content (AvgIpc) is 3.22.